The highest BCUT2D eigenvalue weighted by Crippen LogP contribution is 2.39. The third-order valence-electron chi connectivity index (χ3n) is 5.73. The Kier molecular flexibility index (Phi) is 6.26. The molecule has 1 amide bonds. The average Bonchev–Trinajstić information content (AvgIpc) is 3.24. The molecule has 2 aromatic heterocycles. The lowest BCUT2D eigenvalue weighted by Crippen LogP contribution is -2.20. The largest absolute Gasteiger partial charge is 0.484 e. The smallest absolute Gasteiger partial charge is 0.263 e. The molecule has 176 valence electrons. The third-order valence-corrected chi connectivity index (χ3v) is 5.73. The summed E-state index contributed by atoms with van der Waals surface area (Å²) >= 11 is 0. The number of nitrogens with one attached hydrogen (secondary N) is 3. The van der Waals surface area contributed by atoms with Gasteiger partial charge in [-0.05, 0) is 61.4 Å². The number of carbonyl (C=O) groups excluding carboxylic acids is 2. The minimum Gasteiger partial charge on any atom is -0.484 e. The highest BCUT2D eigenvalue weighted by molar-refractivity contribution is 6.07. The summed E-state index contributed by atoms with van der Waals surface area (Å²) < 4.78 is 18.4. The van der Waals surface area contributed by atoms with Crippen LogP contribution >= 0.6 is 0 Å². The number of carbonyl (C=O) groups is 2. The number of halogens is 1. The Bertz CT molecular complexity index is 1370. The first-order chi connectivity index (χ1) is 17.1. The summed E-state index contributed by atoms with van der Waals surface area (Å²) in [6, 6.07) is 18.7. The number of benzene rings is 2. The van der Waals surface area contributed by atoms with E-state index in [2.05, 4.69) is 20.6 Å². The quantitative estimate of drug-likeness (QED) is 0.332. The normalized spacial score (nSPS) is 12.7. The Labute approximate surface area is 201 Å². The lowest BCUT2D eigenvalue weighted by Gasteiger charge is -2.14. The minimum atomic E-state index is -0.400. The van der Waals surface area contributed by atoms with E-state index in [4.69, 9.17) is 4.74 Å². The maximum atomic E-state index is 13.0. The molecular formula is C27H23FN4O3. The Morgan fingerprint density at radius 2 is 1.86 bits per heavy atom. The van der Waals surface area contributed by atoms with E-state index in [0.717, 1.165) is 41.2 Å². The summed E-state index contributed by atoms with van der Waals surface area (Å²) in [6.45, 7) is -0.246. The predicted molar refractivity (Wildman–Crippen MR) is 132 cm³/mol. The molecule has 0 radical (unpaired) electrons. The van der Waals surface area contributed by atoms with Crippen molar-refractivity contribution < 1.29 is 18.7 Å². The van der Waals surface area contributed by atoms with E-state index in [1.54, 1.807) is 12.3 Å². The predicted octanol–water partition coefficient (Wildman–Crippen LogP) is 5.50. The number of ketones is 1. The van der Waals surface area contributed by atoms with E-state index in [1.807, 2.05) is 36.4 Å². The standard InChI is InChI=1S/C27H23FN4O3/c28-18-9-11-20(12-10-18)35-16-24(34)32-23-15-17(13-14-29-23)26-27(30-19-5-2-1-3-6-19)25-21(31-26)7-4-8-22(25)33/h1-3,5-6,9-15,30-31H,4,7-8,16H2,(H,29,32,34). The molecule has 2 heterocycles. The van der Waals surface area contributed by atoms with Crippen molar-refractivity contribution in [3.8, 4) is 17.0 Å². The van der Waals surface area contributed by atoms with Gasteiger partial charge < -0.3 is 20.4 Å². The summed E-state index contributed by atoms with van der Waals surface area (Å²) in [5, 5.41) is 6.13. The molecule has 0 saturated heterocycles. The van der Waals surface area contributed by atoms with Crippen molar-refractivity contribution in [2.75, 3.05) is 17.2 Å². The average molecular weight is 471 g/mol. The first kappa shape index (κ1) is 22.3. The van der Waals surface area contributed by atoms with Crippen LogP contribution in [0.1, 0.15) is 28.9 Å². The molecule has 0 bridgehead atoms. The van der Waals surface area contributed by atoms with E-state index < -0.39 is 5.91 Å². The van der Waals surface area contributed by atoms with E-state index in [1.165, 1.54) is 24.3 Å². The van der Waals surface area contributed by atoms with Crippen LogP contribution in [0.15, 0.2) is 72.9 Å². The molecule has 0 saturated carbocycles. The number of hydrogen-bond donors (Lipinski definition) is 3. The molecule has 8 heteroatoms. The fourth-order valence-corrected chi connectivity index (χ4v) is 4.12. The molecule has 35 heavy (non-hydrogen) atoms. The van der Waals surface area contributed by atoms with Gasteiger partial charge in [-0.15, -0.1) is 0 Å². The molecule has 7 nitrogen and oxygen atoms in total. The molecular weight excluding hydrogens is 447 g/mol. The van der Waals surface area contributed by atoms with Crippen LogP contribution in [0.25, 0.3) is 11.3 Å². The summed E-state index contributed by atoms with van der Waals surface area (Å²) in [5.41, 5.74) is 4.72. The number of hydrogen-bond acceptors (Lipinski definition) is 5. The number of nitrogens with zero attached hydrogens (tertiary/aromatic N) is 1. The zero-order valence-corrected chi connectivity index (χ0v) is 18.8. The SMILES string of the molecule is O=C(COc1ccc(F)cc1)Nc1cc(-c2[nH]c3c(c2Nc2ccccc2)C(=O)CCC3)ccn1. The summed E-state index contributed by atoms with van der Waals surface area (Å²) in [6.07, 6.45) is 3.71. The van der Waals surface area contributed by atoms with Gasteiger partial charge in [-0.25, -0.2) is 9.37 Å². The van der Waals surface area contributed by atoms with Gasteiger partial charge in [0, 0.05) is 29.6 Å². The summed E-state index contributed by atoms with van der Waals surface area (Å²) in [7, 11) is 0. The zero-order chi connectivity index (χ0) is 24.2. The Hall–Kier alpha value is -4.46. The van der Waals surface area contributed by atoms with Gasteiger partial charge in [-0.1, -0.05) is 18.2 Å². The number of ether oxygens (including phenoxy) is 1. The number of Topliss-reactive ketones (excluding diaryl/α,β-unsaturated/α-hetero) is 1. The van der Waals surface area contributed by atoms with Crippen molar-refractivity contribution in [3.63, 3.8) is 0 Å². The second-order valence-corrected chi connectivity index (χ2v) is 8.22. The molecule has 0 atom stereocenters. The van der Waals surface area contributed by atoms with Crippen molar-refractivity contribution in [2.45, 2.75) is 19.3 Å². The highest BCUT2D eigenvalue weighted by atomic mass is 19.1. The number of aryl methyl sites for hydroxylation is 1. The van der Waals surface area contributed by atoms with Gasteiger partial charge in [0.2, 0.25) is 0 Å². The lowest BCUT2D eigenvalue weighted by atomic mass is 9.95. The zero-order valence-electron chi connectivity index (χ0n) is 18.8. The molecule has 0 spiro atoms. The van der Waals surface area contributed by atoms with Crippen molar-refractivity contribution in [3.05, 3.63) is 90.0 Å². The van der Waals surface area contributed by atoms with Crippen LogP contribution < -0.4 is 15.4 Å². The van der Waals surface area contributed by atoms with Crippen molar-refractivity contribution in [2.24, 2.45) is 0 Å². The Morgan fingerprint density at radius 3 is 2.66 bits per heavy atom. The number of aromatic amines is 1. The molecule has 0 fully saturated rings. The third kappa shape index (κ3) is 5.06. The van der Waals surface area contributed by atoms with Crippen LogP contribution in [0.3, 0.4) is 0 Å². The van der Waals surface area contributed by atoms with Crippen LogP contribution in [-0.2, 0) is 11.2 Å². The van der Waals surface area contributed by atoms with E-state index in [0.29, 0.717) is 23.6 Å². The summed E-state index contributed by atoms with van der Waals surface area (Å²) in [5.74, 6) is 0.0631. The van der Waals surface area contributed by atoms with Gasteiger partial charge >= 0.3 is 0 Å². The second-order valence-electron chi connectivity index (χ2n) is 8.22. The minimum absolute atomic E-state index is 0.104. The van der Waals surface area contributed by atoms with Gasteiger partial charge in [-0.3, -0.25) is 9.59 Å². The monoisotopic (exact) mass is 470 g/mol. The Balaban J connectivity index is 1.39. The first-order valence-corrected chi connectivity index (χ1v) is 11.3. The number of H-pyrrole nitrogens is 1. The molecule has 3 N–H and O–H groups in total. The van der Waals surface area contributed by atoms with E-state index in [9.17, 15) is 14.0 Å². The summed E-state index contributed by atoms with van der Waals surface area (Å²) in [4.78, 5) is 32.9. The number of para-hydroxylation sites is 1. The van der Waals surface area contributed by atoms with E-state index >= 15 is 0 Å². The topological polar surface area (TPSA) is 96.1 Å². The van der Waals surface area contributed by atoms with Crippen LogP contribution in [0.5, 0.6) is 5.75 Å². The number of rotatable bonds is 7. The maximum Gasteiger partial charge on any atom is 0.263 e. The number of fused-ring (bicyclic) bond motifs is 1. The van der Waals surface area contributed by atoms with Gasteiger partial charge in [0.05, 0.1) is 16.9 Å². The van der Waals surface area contributed by atoms with Crippen LogP contribution in [0, 0.1) is 5.82 Å². The van der Waals surface area contributed by atoms with Gasteiger partial charge in [0.25, 0.3) is 5.91 Å². The number of amides is 1. The fourth-order valence-electron chi connectivity index (χ4n) is 4.12. The Morgan fingerprint density at radius 1 is 1.06 bits per heavy atom. The molecule has 0 aliphatic heterocycles. The first-order valence-electron chi connectivity index (χ1n) is 11.3. The van der Waals surface area contributed by atoms with Crippen molar-refractivity contribution in [1.29, 1.82) is 0 Å². The number of anilines is 3. The molecule has 4 aromatic rings. The lowest BCUT2D eigenvalue weighted by molar-refractivity contribution is -0.118. The van der Waals surface area contributed by atoms with Gasteiger partial charge in [0.1, 0.15) is 17.4 Å². The molecule has 2 aromatic carbocycles. The molecule has 1 aliphatic rings. The van der Waals surface area contributed by atoms with E-state index in [-0.39, 0.29) is 18.2 Å². The van der Waals surface area contributed by atoms with Crippen LogP contribution in [-0.4, -0.2) is 28.3 Å². The van der Waals surface area contributed by atoms with Gasteiger partial charge in [0.15, 0.2) is 12.4 Å². The number of pyridine rings is 1. The highest BCUT2D eigenvalue weighted by Gasteiger charge is 2.27. The van der Waals surface area contributed by atoms with Crippen LogP contribution in [0.2, 0.25) is 0 Å². The number of aromatic nitrogens is 2. The maximum absolute atomic E-state index is 13.0. The van der Waals surface area contributed by atoms with Gasteiger partial charge in [-0.2, -0.15) is 0 Å². The van der Waals surface area contributed by atoms with Crippen molar-refractivity contribution in [1.82, 2.24) is 9.97 Å². The fraction of sp³-hybridized carbons (Fsp3) is 0.148. The molecule has 1 aliphatic carbocycles. The molecule has 5 rings (SSSR count). The van der Waals surface area contributed by atoms with Crippen molar-refractivity contribution >= 4 is 28.9 Å². The molecule has 0 unspecified atom stereocenters. The second kappa shape index (κ2) is 9.80. The van der Waals surface area contributed by atoms with Crippen LogP contribution in [0.4, 0.5) is 21.6 Å².